The third kappa shape index (κ3) is 3.31. The van der Waals surface area contributed by atoms with Gasteiger partial charge in [-0.05, 0) is 43.7 Å². The smallest absolute Gasteiger partial charge is 0.0992 e. The zero-order chi connectivity index (χ0) is 16.6. The van der Waals surface area contributed by atoms with Crippen LogP contribution >= 0.6 is 0 Å². The van der Waals surface area contributed by atoms with Crippen molar-refractivity contribution in [1.82, 2.24) is 9.88 Å². The average molecular weight is 338 g/mol. The molecule has 0 bridgehead atoms. The lowest BCUT2D eigenvalue weighted by Gasteiger charge is -2.39. The van der Waals surface area contributed by atoms with E-state index >= 15 is 0 Å². The first-order valence-corrected chi connectivity index (χ1v) is 9.69. The minimum atomic E-state index is 0.243. The SMILES string of the molecule is c1ccc2nc(CN3CCO[C@H]4[C@H](OCC5CC5)CC[C@@H]43)ccc2c1. The first-order valence-electron chi connectivity index (χ1n) is 9.69. The van der Waals surface area contributed by atoms with Gasteiger partial charge < -0.3 is 9.47 Å². The molecule has 1 aromatic carbocycles. The largest absolute Gasteiger partial charge is 0.375 e. The van der Waals surface area contributed by atoms with Gasteiger partial charge in [-0.1, -0.05) is 24.3 Å². The van der Waals surface area contributed by atoms with Crippen LogP contribution in [0.15, 0.2) is 36.4 Å². The molecule has 0 unspecified atom stereocenters. The summed E-state index contributed by atoms with van der Waals surface area (Å²) in [5.41, 5.74) is 2.24. The van der Waals surface area contributed by atoms with E-state index in [4.69, 9.17) is 14.5 Å². The van der Waals surface area contributed by atoms with Crippen LogP contribution in [-0.4, -0.2) is 47.9 Å². The van der Waals surface area contributed by atoms with Crippen LogP contribution in [0.1, 0.15) is 31.4 Å². The molecule has 0 N–H and O–H groups in total. The van der Waals surface area contributed by atoms with Crippen molar-refractivity contribution in [2.45, 2.75) is 50.5 Å². The van der Waals surface area contributed by atoms with Gasteiger partial charge in [0.1, 0.15) is 0 Å². The quantitative estimate of drug-likeness (QED) is 0.837. The molecular weight excluding hydrogens is 312 g/mol. The maximum atomic E-state index is 6.19. The molecule has 2 aliphatic carbocycles. The van der Waals surface area contributed by atoms with E-state index in [0.29, 0.717) is 6.04 Å². The number of nitrogens with zero attached hydrogens (tertiary/aromatic N) is 2. The Morgan fingerprint density at radius 1 is 1.08 bits per heavy atom. The third-order valence-corrected chi connectivity index (χ3v) is 5.91. The van der Waals surface area contributed by atoms with Crippen molar-refractivity contribution in [1.29, 1.82) is 0 Å². The molecule has 1 saturated heterocycles. The summed E-state index contributed by atoms with van der Waals surface area (Å²) in [6.07, 6.45) is 5.53. The molecule has 4 nitrogen and oxygen atoms in total. The summed E-state index contributed by atoms with van der Waals surface area (Å²) in [6.45, 7) is 3.64. The Kier molecular flexibility index (Phi) is 4.20. The first kappa shape index (κ1) is 15.7. The second-order valence-corrected chi connectivity index (χ2v) is 7.76. The van der Waals surface area contributed by atoms with Crippen LogP contribution in [0.5, 0.6) is 0 Å². The van der Waals surface area contributed by atoms with Crippen molar-refractivity contribution in [3.05, 3.63) is 42.1 Å². The van der Waals surface area contributed by atoms with Gasteiger partial charge >= 0.3 is 0 Å². The summed E-state index contributed by atoms with van der Waals surface area (Å²) in [4.78, 5) is 7.42. The highest BCUT2D eigenvalue weighted by molar-refractivity contribution is 5.78. The highest BCUT2D eigenvalue weighted by Crippen LogP contribution is 2.35. The lowest BCUT2D eigenvalue weighted by molar-refractivity contribution is -0.116. The van der Waals surface area contributed by atoms with Gasteiger partial charge in [-0.3, -0.25) is 9.88 Å². The zero-order valence-corrected chi connectivity index (χ0v) is 14.6. The molecule has 2 saturated carbocycles. The highest BCUT2D eigenvalue weighted by atomic mass is 16.5. The van der Waals surface area contributed by atoms with Crippen LogP contribution in [0.2, 0.25) is 0 Å². The predicted octanol–water partition coefficient (Wildman–Crippen LogP) is 3.39. The number of fused-ring (bicyclic) bond motifs is 2. The van der Waals surface area contributed by atoms with Gasteiger partial charge in [0.2, 0.25) is 0 Å². The van der Waals surface area contributed by atoms with E-state index < -0.39 is 0 Å². The van der Waals surface area contributed by atoms with Gasteiger partial charge in [-0.25, -0.2) is 0 Å². The van der Waals surface area contributed by atoms with Crippen LogP contribution < -0.4 is 0 Å². The summed E-state index contributed by atoms with van der Waals surface area (Å²) in [6, 6.07) is 13.2. The maximum Gasteiger partial charge on any atom is 0.0992 e. The molecule has 1 aliphatic heterocycles. The number of morpholine rings is 1. The van der Waals surface area contributed by atoms with E-state index in [9.17, 15) is 0 Å². The van der Waals surface area contributed by atoms with E-state index in [-0.39, 0.29) is 12.2 Å². The number of para-hydroxylation sites is 1. The molecule has 0 amide bonds. The molecule has 25 heavy (non-hydrogen) atoms. The Morgan fingerprint density at radius 3 is 2.92 bits per heavy atom. The molecule has 1 aromatic heterocycles. The lowest BCUT2D eigenvalue weighted by atomic mass is 10.1. The molecule has 2 heterocycles. The molecule has 5 rings (SSSR count). The molecular formula is C21H26N2O2. The second kappa shape index (κ2) is 6.67. The number of rotatable bonds is 5. The number of aromatic nitrogens is 1. The van der Waals surface area contributed by atoms with Crippen LogP contribution in [-0.2, 0) is 16.0 Å². The van der Waals surface area contributed by atoms with Crippen molar-refractivity contribution in [2.24, 2.45) is 5.92 Å². The van der Waals surface area contributed by atoms with Gasteiger partial charge in [0.15, 0.2) is 0 Å². The Hall–Kier alpha value is -1.49. The second-order valence-electron chi connectivity index (χ2n) is 7.76. The summed E-state index contributed by atoms with van der Waals surface area (Å²) in [5, 5.41) is 1.21. The molecule has 3 aliphatic rings. The van der Waals surface area contributed by atoms with Gasteiger partial charge in [0.05, 0.1) is 30.0 Å². The number of pyridine rings is 1. The normalized spacial score (nSPS) is 29.8. The van der Waals surface area contributed by atoms with Crippen molar-refractivity contribution in [3.63, 3.8) is 0 Å². The number of hydrogen-bond acceptors (Lipinski definition) is 4. The number of benzene rings is 1. The van der Waals surface area contributed by atoms with Crippen LogP contribution in [0.25, 0.3) is 10.9 Å². The van der Waals surface area contributed by atoms with E-state index in [1.807, 2.05) is 0 Å². The summed E-state index contributed by atoms with van der Waals surface area (Å²) in [7, 11) is 0. The summed E-state index contributed by atoms with van der Waals surface area (Å²) >= 11 is 0. The molecule has 3 fully saturated rings. The summed E-state index contributed by atoms with van der Waals surface area (Å²) < 4.78 is 12.3. The van der Waals surface area contributed by atoms with Crippen LogP contribution in [0, 0.1) is 5.92 Å². The minimum Gasteiger partial charge on any atom is -0.375 e. The monoisotopic (exact) mass is 338 g/mol. The van der Waals surface area contributed by atoms with E-state index in [1.165, 1.54) is 24.6 Å². The van der Waals surface area contributed by atoms with Crippen molar-refractivity contribution < 1.29 is 9.47 Å². The van der Waals surface area contributed by atoms with Gasteiger partial charge in [-0.2, -0.15) is 0 Å². The van der Waals surface area contributed by atoms with Gasteiger partial charge in [0, 0.05) is 31.1 Å². The number of ether oxygens (including phenoxy) is 2. The van der Waals surface area contributed by atoms with Crippen molar-refractivity contribution in [3.8, 4) is 0 Å². The lowest BCUT2D eigenvalue weighted by Crippen LogP contribution is -2.51. The average Bonchev–Trinajstić information content (AvgIpc) is 3.39. The standard InChI is InChI=1S/C21H26N2O2/c1-2-4-18-16(3-1)7-8-17(22-18)13-23-11-12-24-21-19(23)9-10-20(21)25-14-15-5-6-15/h1-4,7-8,15,19-21H,5-6,9-14H2/t19-,20+,21+/m0/s1. The van der Waals surface area contributed by atoms with Gasteiger partial charge in [0.25, 0.3) is 0 Å². The fourth-order valence-corrected chi connectivity index (χ4v) is 4.32. The van der Waals surface area contributed by atoms with Crippen LogP contribution in [0.3, 0.4) is 0 Å². The minimum absolute atomic E-state index is 0.243. The molecule has 0 spiro atoms. The number of hydrogen-bond donors (Lipinski definition) is 0. The Balaban J connectivity index is 1.28. The molecule has 132 valence electrons. The molecule has 4 heteroatoms. The fraction of sp³-hybridized carbons (Fsp3) is 0.571. The highest BCUT2D eigenvalue weighted by Gasteiger charge is 2.43. The van der Waals surface area contributed by atoms with Crippen molar-refractivity contribution >= 4 is 10.9 Å². The van der Waals surface area contributed by atoms with E-state index in [1.54, 1.807) is 0 Å². The first-order chi connectivity index (χ1) is 12.4. The van der Waals surface area contributed by atoms with Gasteiger partial charge in [-0.15, -0.1) is 0 Å². The van der Waals surface area contributed by atoms with E-state index in [0.717, 1.165) is 49.9 Å². The Bertz CT molecular complexity index is 746. The zero-order valence-electron chi connectivity index (χ0n) is 14.6. The van der Waals surface area contributed by atoms with E-state index in [2.05, 4.69) is 41.3 Å². The fourth-order valence-electron chi connectivity index (χ4n) is 4.32. The van der Waals surface area contributed by atoms with Crippen molar-refractivity contribution in [2.75, 3.05) is 19.8 Å². The summed E-state index contributed by atoms with van der Waals surface area (Å²) in [5.74, 6) is 0.820. The molecule has 3 atom stereocenters. The predicted molar refractivity (Wildman–Crippen MR) is 97.4 cm³/mol. The molecule has 2 aromatic rings. The maximum absolute atomic E-state index is 6.19. The molecule has 0 radical (unpaired) electrons. The Morgan fingerprint density at radius 2 is 2.00 bits per heavy atom. The third-order valence-electron chi connectivity index (χ3n) is 5.91. The van der Waals surface area contributed by atoms with Crippen LogP contribution in [0.4, 0.5) is 0 Å². The topological polar surface area (TPSA) is 34.6 Å². The Labute approximate surface area is 149 Å².